The van der Waals surface area contributed by atoms with Crippen LogP contribution in [0, 0.1) is 0 Å². The van der Waals surface area contributed by atoms with Crippen LogP contribution in [0.3, 0.4) is 0 Å². The number of amides is 2. The largest absolute Gasteiger partial charge is 0.489 e. The quantitative estimate of drug-likeness (QED) is 0.706. The van der Waals surface area contributed by atoms with Crippen molar-refractivity contribution >= 4 is 17.5 Å². The number of nitrogens with zero attached hydrogens (tertiary/aromatic N) is 1. The molecular weight excluding hydrogens is 296 g/mol. The first kappa shape index (κ1) is 19.0. The van der Waals surface area contributed by atoms with E-state index >= 15 is 0 Å². The van der Waals surface area contributed by atoms with Crippen molar-refractivity contribution in [2.24, 2.45) is 0 Å². The summed E-state index contributed by atoms with van der Waals surface area (Å²) in [5.74, 6) is 0.164. The molecule has 0 aliphatic carbocycles. The summed E-state index contributed by atoms with van der Waals surface area (Å²) < 4.78 is 10.7. The van der Waals surface area contributed by atoms with Crippen molar-refractivity contribution < 1.29 is 19.1 Å². The number of ether oxygens (including phenoxy) is 2. The highest BCUT2D eigenvalue weighted by molar-refractivity contribution is 5.98. The molecule has 0 saturated carbocycles. The Kier molecular flexibility index (Phi) is 8.11. The van der Waals surface area contributed by atoms with Crippen molar-refractivity contribution in [3.63, 3.8) is 0 Å². The van der Waals surface area contributed by atoms with Gasteiger partial charge in [0.1, 0.15) is 12.3 Å². The van der Waals surface area contributed by atoms with E-state index in [0.717, 1.165) is 6.42 Å². The van der Waals surface area contributed by atoms with Crippen molar-refractivity contribution in [2.45, 2.75) is 33.3 Å². The first-order valence-corrected chi connectivity index (χ1v) is 7.75. The molecule has 0 fully saturated rings. The molecule has 6 nitrogen and oxygen atoms in total. The van der Waals surface area contributed by atoms with Gasteiger partial charge < -0.3 is 14.8 Å². The van der Waals surface area contributed by atoms with Gasteiger partial charge in [0.15, 0.2) is 0 Å². The van der Waals surface area contributed by atoms with Gasteiger partial charge in [0.25, 0.3) is 0 Å². The lowest BCUT2D eigenvalue weighted by atomic mass is 10.2. The van der Waals surface area contributed by atoms with Crippen LogP contribution in [0.5, 0.6) is 5.75 Å². The topological polar surface area (TPSA) is 67.9 Å². The molecular formula is C17H26N2O4. The van der Waals surface area contributed by atoms with Gasteiger partial charge in [-0.2, -0.15) is 0 Å². The van der Waals surface area contributed by atoms with Crippen LogP contribution >= 0.6 is 0 Å². The van der Waals surface area contributed by atoms with Crippen molar-refractivity contribution in [2.75, 3.05) is 31.7 Å². The SMILES string of the molecule is COCCCNC(=O)CN(C(C)=O)c1ccccc1OC(C)C. The predicted molar refractivity (Wildman–Crippen MR) is 89.7 cm³/mol. The molecule has 6 heteroatoms. The van der Waals surface area contributed by atoms with E-state index < -0.39 is 0 Å². The zero-order valence-corrected chi connectivity index (χ0v) is 14.3. The average molecular weight is 322 g/mol. The van der Waals surface area contributed by atoms with Gasteiger partial charge in [0, 0.05) is 27.2 Å². The maximum atomic E-state index is 12.0. The second kappa shape index (κ2) is 9.84. The number of nitrogens with one attached hydrogen (secondary N) is 1. The Bertz CT molecular complexity index is 517. The van der Waals surface area contributed by atoms with Gasteiger partial charge in [-0.15, -0.1) is 0 Å². The molecule has 1 aromatic rings. The van der Waals surface area contributed by atoms with E-state index in [4.69, 9.17) is 9.47 Å². The van der Waals surface area contributed by atoms with E-state index in [1.165, 1.54) is 11.8 Å². The Labute approximate surface area is 137 Å². The number of para-hydroxylation sites is 2. The molecule has 1 aromatic carbocycles. The summed E-state index contributed by atoms with van der Waals surface area (Å²) >= 11 is 0. The van der Waals surface area contributed by atoms with Gasteiger partial charge in [-0.3, -0.25) is 14.5 Å². The highest BCUT2D eigenvalue weighted by Crippen LogP contribution is 2.28. The van der Waals surface area contributed by atoms with Crippen LogP contribution in [0.4, 0.5) is 5.69 Å². The molecule has 0 heterocycles. The molecule has 0 aliphatic rings. The van der Waals surface area contributed by atoms with Crippen LogP contribution in [0.15, 0.2) is 24.3 Å². The first-order valence-electron chi connectivity index (χ1n) is 7.75. The fourth-order valence-corrected chi connectivity index (χ4v) is 2.04. The summed E-state index contributed by atoms with van der Waals surface area (Å²) in [4.78, 5) is 25.4. The van der Waals surface area contributed by atoms with Crippen LogP contribution in [0.2, 0.25) is 0 Å². The normalized spacial score (nSPS) is 10.5. The van der Waals surface area contributed by atoms with Gasteiger partial charge in [-0.1, -0.05) is 12.1 Å². The molecule has 0 radical (unpaired) electrons. The van der Waals surface area contributed by atoms with E-state index in [1.54, 1.807) is 19.2 Å². The van der Waals surface area contributed by atoms with Crippen molar-refractivity contribution in [3.8, 4) is 5.75 Å². The lowest BCUT2D eigenvalue weighted by Crippen LogP contribution is -2.40. The Morgan fingerprint density at radius 1 is 1.26 bits per heavy atom. The van der Waals surface area contributed by atoms with Crippen LogP contribution in [-0.4, -0.2) is 44.7 Å². The minimum absolute atomic E-state index is 0.0205. The smallest absolute Gasteiger partial charge is 0.240 e. The maximum Gasteiger partial charge on any atom is 0.240 e. The summed E-state index contributed by atoms with van der Waals surface area (Å²) in [7, 11) is 1.62. The minimum Gasteiger partial charge on any atom is -0.489 e. The van der Waals surface area contributed by atoms with E-state index in [9.17, 15) is 9.59 Å². The molecule has 0 bridgehead atoms. The van der Waals surface area contributed by atoms with Crippen LogP contribution in [0.25, 0.3) is 0 Å². The lowest BCUT2D eigenvalue weighted by molar-refractivity contribution is -0.123. The number of methoxy groups -OCH3 is 1. The zero-order valence-electron chi connectivity index (χ0n) is 14.3. The van der Waals surface area contributed by atoms with Crippen LogP contribution < -0.4 is 15.0 Å². The number of carbonyl (C=O) groups is 2. The molecule has 128 valence electrons. The average Bonchev–Trinajstić information content (AvgIpc) is 2.49. The van der Waals surface area contributed by atoms with Gasteiger partial charge in [0.2, 0.25) is 11.8 Å². The molecule has 0 atom stereocenters. The highest BCUT2D eigenvalue weighted by Gasteiger charge is 2.19. The van der Waals surface area contributed by atoms with E-state index in [0.29, 0.717) is 24.6 Å². The van der Waals surface area contributed by atoms with Crippen molar-refractivity contribution in [1.82, 2.24) is 5.32 Å². The zero-order chi connectivity index (χ0) is 17.2. The predicted octanol–water partition coefficient (Wildman–Crippen LogP) is 1.98. The molecule has 23 heavy (non-hydrogen) atoms. The molecule has 0 unspecified atom stereocenters. The van der Waals surface area contributed by atoms with Crippen LogP contribution in [-0.2, 0) is 14.3 Å². The van der Waals surface area contributed by atoms with E-state index in [1.807, 2.05) is 26.0 Å². The second-order valence-electron chi connectivity index (χ2n) is 5.44. The summed E-state index contributed by atoms with van der Waals surface area (Å²) in [6, 6.07) is 7.22. The van der Waals surface area contributed by atoms with Crippen LogP contribution in [0.1, 0.15) is 27.2 Å². The number of rotatable bonds is 9. The summed E-state index contributed by atoms with van der Waals surface area (Å²) in [5.41, 5.74) is 0.598. The molecule has 1 N–H and O–H groups in total. The second-order valence-corrected chi connectivity index (χ2v) is 5.44. The monoisotopic (exact) mass is 322 g/mol. The Hall–Kier alpha value is -2.08. The third-order valence-corrected chi connectivity index (χ3v) is 3.05. The minimum atomic E-state index is -0.212. The van der Waals surface area contributed by atoms with E-state index in [2.05, 4.69) is 5.32 Å². The van der Waals surface area contributed by atoms with Gasteiger partial charge in [0.05, 0.1) is 11.8 Å². The summed E-state index contributed by atoms with van der Waals surface area (Å²) in [6.07, 6.45) is 0.711. The first-order chi connectivity index (χ1) is 11.0. The summed E-state index contributed by atoms with van der Waals surface area (Å²) in [6.45, 7) is 6.32. The van der Waals surface area contributed by atoms with Gasteiger partial charge in [-0.05, 0) is 32.4 Å². The number of carbonyl (C=O) groups excluding carboxylic acids is 2. The Morgan fingerprint density at radius 2 is 1.96 bits per heavy atom. The number of anilines is 1. The standard InChI is InChI=1S/C17H26N2O4/c1-13(2)23-16-9-6-5-8-15(16)19(14(3)20)12-17(21)18-10-7-11-22-4/h5-6,8-9,13H,7,10-12H2,1-4H3,(H,18,21). The molecule has 0 aromatic heterocycles. The Balaban J connectivity index is 2.79. The number of hydrogen-bond donors (Lipinski definition) is 1. The van der Waals surface area contributed by atoms with Gasteiger partial charge >= 0.3 is 0 Å². The van der Waals surface area contributed by atoms with Gasteiger partial charge in [-0.25, -0.2) is 0 Å². The fourth-order valence-electron chi connectivity index (χ4n) is 2.04. The third-order valence-electron chi connectivity index (χ3n) is 3.05. The number of hydrogen-bond acceptors (Lipinski definition) is 4. The van der Waals surface area contributed by atoms with Crippen molar-refractivity contribution in [1.29, 1.82) is 0 Å². The summed E-state index contributed by atoms with van der Waals surface area (Å²) in [5, 5.41) is 2.78. The molecule has 2 amide bonds. The molecule has 1 rings (SSSR count). The molecule has 0 saturated heterocycles. The Morgan fingerprint density at radius 3 is 2.57 bits per heavy atom. The fraction of sp³-hybridized carbons (Fsp3) is 0.529. The van der Waals surface area contributed by atoms with E-state index in [-0.39, 0.29) is 24.5 Å². The molecule has 0 aliphatic heterocycles. The molecule has 0 spiro atoms. The number of benzene rings is 1. The lowest BCUT2D eigenvalue weighted by Gasteiger charge is -2.24. The third kappa shape index (κ3) is 6.69. The maximum absolute atomic E-state index is 12.0. The van der Waals surface area contributed by atoms with Crippen molar-refractivity contribution in [3.05, 3.63) is 24.3 Å². The highest BCUT2D eigenvalue weighted by atomic mass is 16.5.